The number of carbonyl (C=O) groups excluding carboxylic acids is 2. The second-order valence-corrected chi connectivity index (χ2v) is 10.5. The van der Waals surface area contributed by atoms with Crippen LogP contribution in [0.15, 0.2) is 24.5 Å². The highest BCUT2D eigenvalue weighted by atomic mass is 19.1. The lowest BCUT2D eigenvalue weighted by molar-refractivity contribution is -0.123. The van der Waals surface area contributed by atoms with E-state index in [1.165, 1.54) is 6.07 Å². The molecule has 6 nitrogen and oxygen atoms in total. The molecule has 1 aromatic carbocycles. The van der Waals surface area contributed by atoms with Crippen LogP contribution in [0, 0.1) is 23.1 Å². The van der Waals surface area contributed by atoms with Gasteiger partial charge in [0.25, 0.3) is 0 Å². The maximum absolute atomic E-state index is 15.5. The standard InChI is InChI=1S/C27H34FN3O3/c1-3-34-25(32)22-13-20(30-26(33)27(11-12-27)19-9-7-17(2)8-10-19)14-23(28)24(22)18-15-29-31(16-18)21-5-4-6-21/h13-17,19,21H,3-12H2,1-2H3,(H,30,33). The first-order valence-electron chi connectivity index (χ1n) is 12.8. The molecule has 1 N–H and O–H groups in total. The Morgan fingerprint density at radius 3 is 2.53 bits per heavy atom. The summed E-state index contributed by atoms with van der Waals surface area (Å²) in [6, 6.07) is 3.20. The van der Waals surface area contributed by atoms with Crippen molar-refractivity contribution >= 4 is 17.6 Å². The molecule has 5 rings (SSSR count). The van der Waals surface area contributed by atoms with E-state index < -0.39 is 11.8 Å². The van der Waals surface area contributed by atoms with Gasteiger partial charge in [-0.2, -0.15) is 5.10 Å². The minimum Gasteiger partial charge on any atom is -0.462 e. The first-order chi connectivity index (χ1) is 16.4. The number of aromatic nitrogens is 2. The topological polar surface area (TPSA) is 73.2 Å². The van der Waals surface area contributed by atoms with Crippen molar-refractivity contribution < 1.29 is 18.7 Å². The number of rotatable bonds is 7. The molecule has 3 saturated carbocycles. The number of ether oxygens (including phenoxy) is 1. The SMILES string of the molecule is CCOC(=O)c1cc(NC(=O)C2(C3CCC(C)CC3)CC2)cc(F)c1-c1cnn(C2CCC2)c1. The third-order valence-corrected chi connectivity index (χ3v) is 8.22. The normalized spacial score (nSPS) is 23.7. The van der Waals surface area contributed by atoms with E-state index in [0.29, 0.717) is 23.2 Å². The maximum atomic E-state index is 15.5. The van der Waals surface area contributed by atoms with Gasteiger partial charge in [0.1, 0.15) is 5.82 Å². The van der Waals surface area contributed by atoms with E-state index in [1.807, 2.05) is 4.68 Å². The van der Waals surface area contributed by atoms with Crippen molar-refractivity contribution in [1.82, 2.24) is 9.78 Å². The molecule has 1 heterocycles. The van der Waals surface area contributed by atoms with Crippen molar-refractivity contribution in [1.29, 1.82) is 0 Å². The summed E-state index contributed by atoms with van der Waals surface area (Å²) in [5.74, 6) is -0.115. The fourth-order valence-electron chi connectivity index (χ4n) is 5.68. The van der Waals surface area contributed by atoms with Crippen LogP contribution in [0.25, 0.3) is 11.1 Å². The molecule has 0 spiro atoms. The Morgan fingerprint density at radius 1 is 1.18 bits per heavy atom. The van der Waals surface area contributed by atoms with Crippen LogP contribution < -0.4 is 5.32 Å². The molecular formula is C27H34FN3O3. The lowest BCUT2D eigenvalue weighted by Gasteiger charge is -2.32. The highest BCUT2D eigenvalue weighted by Gasteiger charge is 2.55. The zero-order valence-corrected chi connectivity index (χ0v) is 20.1. The second-order valence-electron chi connectivity index (χ2n) is 10.5. The van der Waals surface area contributed by atoms with Gasteiger partial charge in [-0.05, 0) is 75.8 Å². The number of hydrogen-bond acceptors (Lipinski definition) is 4. The molecule has 3 fully saturated rings. The van der Waals surface area contributed by atoms with Crippen molar-refractivity contribution in [3.05, 3.63) is 35.9 Å². The van der Waals surface area contributed by atoms with Gasteiger partial charge >= 0.3 is 5.97 Å². The Balaban J connectivity index is 1.42. The average molecular weight is 468 g/mol. The second kappa shape index (κ2) is 9.16. The quantitative estimate of drug-likeness (QED) is 0.497. The van der Waals surface area contributed by atoms with Gasteiger partial charge in [-0.15, -0.1) is 0 Å². The Labute approximate surface area is 200 Å². The van der Waals surface area contributed by atoms with Crippen LogP contribution >= 0.6 is 0 Å². The highest BCUT2D eigenvalue weighted by Crippen LogP contribution is 2.57. The summed E-state index contributed by atoms with van der Waals surface area (Å²) in [5.41, 5.74) is 0.783. The van der Waals surface area contributed by atoms with Gasteiger partial charge in [0.05, 0.1) is 29.8 Å². The summed E-state index contributed by atoms with van der Waals surface area (Å²) >= 11 is 0. The van der Waals surface area contributed by atoms with Crippen molar-refractivity contribution in [2.24, 2.45) is 17.3 Å². The first-order valence-corrected chi connectivity index (χ1v) is 12.8. The van der Waals surface area contributed by atoms with E-state index in [9.17, 15) is 9.59 Å². The molecule has 0 radical (unpaired) electrons. The number of halogens is 1. The molecule has 3 aliphatic rings. The number of amides is 1. The van der Waals surface area contributed by atoms with Gasteiger partial charge in [0.2, 0.25) is 5.91 Å². The Morgan fingerprint density at radius 2 is 1.91 bits per heavy atom. The fraction of sp³-hybridized carbons (Fsp3) is 0.593. The fourth-order valence-corrected chi connectivity index (χ4v) is 5.68. The predicted octanol–water partition coefficient (Wildman–Crippen LogP) is 6.14. The van der Waals surface area contributed by atoms with Crippen molar-refractivity contribution in [2.45, 2.75) is 77.7 Å². The minimum absolute atomic E-state index is 0.0492. The summed E-state index contributed by atoms with van der Waals surface area (Å²) in [6.07, 6.45) is 12.9. The van der Waals surface area contributed by atoms with Gasteiger partial charge in [0.15, 0.2) is 0 Å². The Bertz CT molecular complexity index is 1080. The van der Waals surface area contributed by atoms with Gasteiger partial charge in [-0.1, -0.05) is 19.8 Å². The average Bonchev–Trinajstić information content (AvgIpc) is 3.46. The smallest absolute Gasteiger partial charge is 0.338 e. The lowest BCUT2D eigenvalue weighted by atomic mass is 9.74. The molecular weight excluding hydrogens is 433 g/mol. The van der Waals surface area contributed by atoms with Gasteiger partial charge in [0, 0.05) is 23.0 Å². The largest absolute Gasteiger partial charge is 0.462 e. The number of anilines is 1. The number of esters is 1. The number of nitrogens with one attached hydrogen (secondary N) is 1. The van der Waals surface area contributed by atoms with E-state index in [4.69, 9.17) is 4.74 Å². The molecule has 1 amide bonds. The van der Waals surface area contributed by atoms with E-state index in [1.54, 1.807) is 25.4 Å². The molecule has 0 saturated heterocycles. The van der Waals surface area contributed by atoms with Crippen molar-refractivity contribution in [3.63, 3.8) is 0 Å². The number of benzene rings is 1. The first kappa shape index (κ1) is 23.1. The summed E-state index contributed by atoms with van der Waals surface area (Å²) in [5, 5.41) is 7.34. The monoisotopic (exact) mass is 467 g/mol. The van der Waals surface area contributed by atoms with Crippen LogP contribution in [-0.4, -0.2) is 28.3 Å². The van der Waals surface area contributed by atoms with Gasteiger partial charge in [-0.25, -0.2) is 9.18 Å². The highest BCUT2D eigenvalue weighted by molar-refractivity contribution is 6.02. The molecule has 1 aromatic heterocycles. The number of hydrogen-bond donors (Lipinski definition) is 1. The molecule has 2 aromatic rings. The maximum Gasteiger partial charge on any atom is 0.338 e. The van der Waals surface area contributed by atoms with Crippen LogP contribution in [0.2, 0.25) is 0 Å². The molecule has 182 valence electrons. The Hall–Kier alpha value is -2.70. The molecule has 0 atom stereocenters. The van der Waals surface area contributed by atoms with E-state index >= 15 is 4.39 Å². The molecule has 0 bridgehead atoms. The summed E-state index contributed by atoms with van der Waals surface area (Å²) in [4.78, 5) is 26.1. The zero-order chi connectivity index (χ0) is 23.9. The zero-order valence-electron chi connectivity index (χ0n) is 20.1. The predicted molar refractivity (Wildman–Crippen MR) is 128 cm³/mol. The number of carbonyl (C=O) groups is 2. The van der Waals surface area contributed by atoms with E-state index in [0.717, 1.165) is 63.7 Å². The summed E-state index contributed by atoms with van der Waals surface area (Å²) < 4.78 is 22.6. The summed E-state index contributed by atoms with van der Waals surface area (Å²) in [6.45, 7) is 4.17. The molecule has 3 aliphatic carbocycles. The molecule has 0 unspecified atom stereocenters. The summed E-state index contributed by atoms with van der Waals surface area (Å²) in [7, 11) is 0. The van der Waals surface area contributed by atoms with Crippen molar-refractivity contribution in [3.8, 4) is 11.1 Å². The van der Waals surface area contributed by atoms with Crippen LogP contribution in [0.1, 0.15) is 88.0 Å². The van der Waals surface area contributed by atoms with Crippen LogP contribution in [0.5, 0.6) is 0 Å². The third kappa shape index (κ3) is 4.25. The van der Waals surface area contributed by atoms with Gasteiger partial charge < -0.3 is 10.1 Å². The van der Waals surface area contributed by atoms with E-state index in [-0.39, 0.29) is 29.1 Å². The van der Waals surface area contributed by atoms with Gasteiger partial charge in [-0.3, -0.25) is 9.48 Å². The number of nitrogens with zero attached hydrogens (tertiary/aromatic N) is 2. The van der Waals surface area contributed by atoms with E-state index in [2.05, 4.69) is 17.3 Å². The van der Waals surface area contributed by atoms with Crippen molar-refractivity contribution in [2.75, 3.05) is 11.9 Å². The molecule has 7 heteroatoms. The third-order valence-electron chi connectivity index (χ3n) is 8.22. The van der Waals surface area contributed by atoms with Crippen LogP contribution in [0.3, 0.4) is 0 Å². The molecule has 34 heavy (non-hydrogen) atoms. The lowest BCUT2D eigenvalue weighted by Crippen LogP contribution is -2.33. The van der Waals surface area contributed by atoms with Crippen LogP contribution in [0.4, 0.5) is 10.1 Å². The van der Waals surface area contributed by atoms with Crippen LogP contribution in [-0.2, 0) is 9.53 Å². The minimum atomic E-state index is -0.605. The molecule has 0 aliphatic heterocycles. The Kier molecular flexibility index (Phi) is 6.21.